The molecule has 0 aromatic carbocycles. The molecule has 0 bridgehead atoms. The zero-order valence-electron chi connectivity index (χ0n) is 6.10. The van der Waals surface area contributed by atoms with E-state index in [0.717, 1.165) is 31.6 Å². The highest BCUT2D eigenvalue weighted by molar-refractivity contribution is 5.09. The summed E-state index contributed by atoms with van der Waals surface area (Å²) in [5.41, 5.74) is 6.91. The van der Waals surface area contributed by atoms with Crippen LogP contribution in [0.5, 0.6) is 0 Å². The molecule has 0 saturated carbocycles. The molecule has 2 N–H and O–H groups in total. The monoisotopic (exact) mass is 139 g/mol. The molecule has 1 unspecified atom stereocenters. The van der Waals surface area contributed by atoms with Crippen molar-refractivity contribution < 1.29 is 4.74 Å². The molecule has 1 aliphatic heterocycles. The zero-order chi connectivity index (χ0) is 7.03. The molecule has 1 spiro atoms. The molecular weight excluding hydrogens is 126 g/mol. The van der Waals surface area contributed by atoms with Gasteiger partial charge in [-0.05, 0) is 19.3 Å². The standard InChI is InChI=1S/C8H13NO/c9-7-1-3-8(4-2-7)5-6-10-8/h1H,2-6,9H2. The summed E-state index contributed by atoms with van der Waals surface area (Å²) >= 11 is 0. The Labute approximate surface area is 61.0 Å². The first-order valence-electron chi connectivity index (χ1n) is 3.89. The van der Waals surface area contributed by atoms with Crippen LogP contribution in [-0.2, 0) is 4.74 Å². The van der Waals surface area contributed by atoms with Gasteiger partial charge in [0.1, 0.15) is 0 Å². The van der Waals surface area contributed by atoms with E-state index in [1.807, 2.05) is 0 Å². The second-order valence-electron chi connectivity index (χ2n) is 3.26. The normalized spacial score (nSPS) is 39.0. The average Bonchev–Trinajstić information content (AvgIpc) is 1.86. The molecule has 2 heteroatoms. The van der Waals surface area contributed by atoms with E-state index < -0.39 is 0 Å². The maximum absolute atomic E-state index is 5.64. The number of nitrogens with two attached hydrogens (primary N) is 1. The van der Waals surface area contributed by atoms with Crippen LogP contribution in [0.15, 0.2) is 11.8 Å². The lowest BCUT2D eigenvalue weighted by molar-refractivity contribution is -0.151. The van der Waals surface area contributed by atoms with Crippen molar-refractivity contribution in [3.05, 3.63) is 11.8 Å². The van der Waals surface area contributed by atoms with Gasteiger partial charge >= 0.3 is 0 Å². The van der Waals surface area contributed by atoms with Crippen LogP contribution >= 0.6 is 0 Å². The lowest BCUT2D eigenvalue weighted by Crippen LogP contribution is -2.44. The van der Waals surface area contributed by atoms with Gasteiger partial charge in [0.15, 0.2) is 0 Å². The predicted octanol–water partition coefficient (Wildman–Crippen LogP) is 1.17. The Morgan fingerprint density at radius 3 is 2.70 bits per heavy atom. The number of hydrogen-bond donors (Lipinski definition) is 1. The molecule has 0 aromatic heterocycles. The SMILES string of the molecule is NC1=CCC2(CCO2)CC1. The fraction of sp³-hybridized carbons (Fsp3) is 0.750. The Morgan fingerprint density at radius 2 is 2.30 bits per heavy atom. The minimum atomic E-state index is 0.225. The first kappa shape index (κ1) is 6.23. The third-order valence-corrected chi connectivity index (χ3v) is 2.57. The minimum absolute atomic E-state index is 0.225. The molecule has 0 aromatic rings. The predicted molar refractivity (Wildman–Crippen MR) is 39.4 cm³/mol. The topological polar surface area (TPSA) is 35.2 Å². The Bertz CT molecular complexity index is 170. The first-order chi connectivity index (χ1) is 4.81. The summed E-state index contributed by atoms with van der Waals surface area (Å²) < 4.78 is 5.51. The van der Waals surface area contributed by atoms with E-state index >= 15 is 0 Å². The molecular formula is C8H13NO. The number of ether oxygens (including phenoxy) is 1. The summed E-state index contributed by atoms with van der Waals surface area (Å²) in [6.45, 7) is 0.952. The molecule has 1 atom stereocenters. The lowest BCUT2D eigenvalue weighted by atomic mass is 9.82. The largest absolute Gasteiger partial charge is 0.402 e. The molecule has 1 aliphatic carbocycles. The smallest absolute Gasteiger partial charge is 0.0743 e. The summed E-state index contributed by atoms with van der Waals surface area (Å²) in [4.78, 5) is 0. The van der Waals surface area contributed by atoms with Crippen molar-refractivity contribution in [2.75, 3.05) is 6.61 Å². The van der Waals surface area contributed by atoms with E-state index in [-0.39, 0.29) is 5.60 Å². The van der Waals surface area contributed by atoms with Gasteiger partial charge in [-0.25, -0.2) is 0 Å². The summed E-state index contributed by atoms with van der Waals surface area (Å²) in [7, 11) is 0. The number of hydrogen-bond acceptors (Lipinski definition) is 2. The second kappa shape index (κ2) is 1.99. The van der Waals surface area contributed by atoms with E-state index in [1.54, 1.807) is 0 Å². The van der Waals surface area contributed by atoms with Crippen LogP contribution in [0.4, 0.5) is 0 Å². The molecule has 0 amide bonds. The minimum Gasteiger partial charge on any atom is -0.402 e. The van der Waals surface area contributed by atoms with Crippen LogP contribution in [0.1, 0.15) is 25.7 Å². The maximum atomic E-state index is 5.64. The quantitative estimate of drug-likeness (QED) is 0.546. The third-order valence-electron chi connectivity index (χ3n) is 2.57. The molecule has 0 radical (unpaired) electrons. The van der Waals surface area contributed by atoms with Gasteiger partial charge < -0.3 is 10.5 Å². The number of rotatable bonds is 0. The first-order valence-corrected chi connectivity index (χ1v) is 3.89. The maximum Gasteiger partial charge on any atom is 0.0743 e. The van der Waals surface area contributed by atoms with Crippen molar-refractivity contribution in [1.82, 2.24) is 0 Å². The fourth-order valence-corrected chi connectivity index (χ4v) is 1.64. The summed E-state index contributed by atoms with van der Waals surface area (Å²) in [6.07, 6.45) is 6.55. The van der Waals surface area contributed by atoms with E-state index in [9.17, 15) is 0 Å². The van der Waals surface area contributed by atoms with E-state index in [0.29, 0.717) is 0 Å². The van der Waals surface area contributed by atoms with Gasteiger partial charge in [-0.2, -0.15) is 0 Å². The van der Waals surface area contributed by atoms with Crippen molar-refractivity contribution in [3.8, 4) is 0 Å². The van der Waals surface area contributed by atoms with Crippen molar-refractivity contribution >= 4 is 0 Å². The van der Waals surface area contributed by atoms with Crippen molar-refractivity contribution in [3.63, 3.8) is 0 Å². The highest BCUT2D eigenvalue weighted by Crippen LogP contribution is 2.38. The summed E-state index contributed by atoms with van der Waals surface area (Å²) in [6, 6.07) is 0. The molecule has 10 heavy (non-hydrogen) atoms. The van der Waals surface area contributed by atoms with E-state index in [2.05, 4.69) is 6.08 Å². The van der Waals surface area contributed by atoms with Gasteiger partial charge in [0.05, 0.1) is 12.2 Å². The molecule has 1 fully saturated rings. The van der Waals surface area contributed by atoms with Crippen molar-refractivity contribution in [1.29, 1.82) is 0 Å². The second-order valence-corrected chi connectivity index (χ2v) is 3.26. The Hall–Kier alpha value is -0.500. The molecule has 2 aliphatic rings. The Kier molecular flexibility index (Phi) is 1.24. The molecule has 1 heterocycles. The van der Waals surface area contributed by atoms with Crippen LogP contribution < -0.4 is 5.73 Å². The Morgan fingerprint density at radius 1 is 1.50 bits per heavy atom. The average molecular weight is 139 g/mol. The highest BCUT2D eigenvalue weighted by Gasteiger charge is 2.38. The van der Waals surface area contributed by atoms with E-state index in [1.165, 1.54) is 6.42 Å². The third kappa shape index (κ3) is 0.833. The summed E-state index contributed by atoms with van der Waals surface area (Å²) in [5, 5.41) is 0. The van der Waals surface area contributed by atoms with Gasteiger partial charge in [0.25, 0.3) is 0 Å². The van der Waals surface area contributed by atoms with Crippen molar-refractivity contribution in [2.45, 2.75) is 31.3 Å². The van der Waals surface area contributed by atoms with Crippen molar-refractivity contribution in [2.24, 2.45) is 5.73 Å². The van der Waals surface area contributed by atoms with Crippen LogP contribution in [0, 0.1) is 0 Å². The van der Waals surface area contributed by atoms with Gasteiger partial charge in [-0.1, -0.05) is 6.08 Å². The van der Waals surface area contributed by atoms with Gasteiger partial charge in [-0.15, -0.1) is 0 Å². The highest BCUT2D eigenvalue weighted by atomic mass is 16.5. The van der Waals surface area contributed by atoms with Gasteiger partial charge in [0, 0.05) is 12.1 Å². The number of allylic oxidation sites excluding steroid dienone is 1. The summed E-state index contributed by atoms with van der Waals surface area (Å²) in [5.74, 6) is 0. The van der Waals surface area contributed by atoms with Crippen LogP contribution in [-0.4, -0.2) is 12.2 Å². The lowest BCUT2D eigenvalue weighted by Gasteiger charge is -2.43. The zero-order valence-corrected chi connectivity index (χ0v) is 6.10. The molecule has 56 valence electrons. The molecule has 2 nitrogen and oxygen atoms in total. The van der Waals surface area contributed by atoms with Gasteiger partial charge in [0.2, 0.25) is 0 Å². The van der Waals surface area contributed by atoms with Gasteiger partial charge in [-0.3, -0.25) is 0 Å². The molecule has 2 rings (SSSR count). The van der Waals surface area contributed by atoms with Crippen LogP contribution in [0.25, 0.3) is 0 Å². The van der Waals surface area contributed by atoms with E-state index in [4.69, 9.17) is 10.5 Å². The fourth-order valence-electron chi connectivity index (χ4n) is 1.64. The Balaban J connectivity index is 2.04. The molecule has 1 saturated heterocycles. The van der Waals surface area contributed by atoms with Crippen LogP contribution in [0.3, 0.4) is 0 Å². The van der Waals surface area contributed by atoms with Crippen LogP contribution in [0.2, 0.25) is 0 Å².